The Morgan fingerprint density at radius 1 is 1.26 bits per heavy atom. The van der Waals surface area contributed by atoms with E-state index < -0.39 is 11.4 Å². The van der Waals surface area contributed by atoms with Gasteiger partial charge in [0.15, 0.2) is 0 Å². The summed E-state index contributed by atoms with van der Waals surface area (Å²) in [6.45, 7) is 6.94. The van der Waals surface area contributed by atoms with E-state index in [1.807, 2.05) is 20.8 Å². The summed E-state index contributed by atoms with van der Waals surface area (Å²) in [4.78, 5) is 21.9. The van der Waals surface area contributed by atoms with Gasteiger partial charge in [0.25, 0.3) is 5.88 Å². The normalized spacial score (nSPS) is 14.9. The van der Waals surface area contributed by atoms with Gasteiger partial charge in [-0.1, -0.05) is 12.1 Å². The van der Waals surface area contributed by atoms with E-state index in [0.717, 1.165) is 24.6 Å². The van der Waals surface area contributed by atoms with Gasteiger partial charge in [0.1, 0.15) is 5.60 Å². The van der Waals surface area contributed by atoms with Crippen LogP contribution in [0.2, 0.25) is 0 Å². The molecule has 0 unspecified atom stereocenters. The average molecular weight is 432 g/mol. The lowest BCUT2D eigenvalue weighted by molar-refractivity contribution is 0.0163. The number of piperidine rings is 1. The van der Waals surface area contributed by atoms with E-state index in [-0.39, 0.29) is 30.4 Å². The highest BCUT2D eigenvalue weighted by Crippen LogP contribution is 2.23. The Balaban J connectivity index is 1.51. The molecule has 3 rings (SSSR count). The molecule has 1 aromatic heterocycles. The minimum absolute atomic E-state index is 0.0397. The Bertz CT molecular complexity index is 878. The highest BCUT2D eigenvalue weighted by molar-refractivity contribution is 5.68. The summed E-state index contributed by atoms with van der Waals surface area (Å²) in [5.41, 5.74) is 0.977. The molecule has 2 N–H and O–H groups in total. The number of carbonyl (C=O) groups is 1. The molecule has 1 aliphatic rings. The fraction of sp³-hybridized carbons (Fsp3) is 0.500. The summed E-state index contributed by atoms with van der Waals surface area (Å²) < 4.78 is 25.1. The van der Waals surface area contributed by atoms with Crippen molar-refractivity contribution in [3.8, 4) is 5.88 Å². The lowest BCUT2D eigenvalue weighted by atomic mass is 9.98. The van der Waals surface area contributed by atoms with Crippen LogP contribution in [0.5, 0.6) is 5.88 Å². The predicted octanol–water partition coefficient (Wildman–Crippen LogP) is 3.88. The van der Waals surface area contributed by atoms with Crippen molar-refractivity contribution >= 4 is 17.7 Å². The van der Waals surface area contributed by atoms with Gasteiger partial charge in [0, 0.05) is 18.8 Å². The lowest BCUT2D eigenvalue weighted by Crippen LogP contribution is -2.42. The molecule has 168 valence electrons. The zero-order valence-electron chi connectivity index (χ0n) is 18.1. The number of amides is 1. The first kappa shape index (κ1) is 22.7. The molecule has 1 saturated heterocycles. The maximum Gasteiger partial charge on any atom is 0.410 e. The van der Waals surface area contributed by atoms with Crippen LogP contribution in [-0.2, 0) is 11.3 Å². The molecule has 0 radical (unpaired) electrons. The summed E-state index contributed by atoms with van der Waals surface area (Å²) in [5, 5.41) is 12.1. The van der Waals surface area contributed by atoms with Crippen LogP contribution in [-0.4, -0.2) is 51.4 Å². The zero-order chi connectivity index (χ0) is 22.4. The largest absolute Gasteiger partial charge is 0.475 e. The van der Waals surface area contributed by atoms with Crippen LogP contribution in [0.1, 0.15) is 39.2 Å². The van der Waals surface area contributed by atoms with E-state index >= 15 is 0 Å². The van der Waals surface area contributed by atoms with Crippen molar-refractivity contribution in [1.82, 2.24) is 14.9 Å². The third-order valence-corrected chi connectivity index (χ3v) is 4.83. The van der Waals surface area contributed by atoms with Crippen LogP contribution < -0.4 is 10.1 Å². The van der Waals surface area contributed by atoms with Crippen LogP contribution in [0.4, 0.5) is 20.8 Å². The summed E-state index contributed by atoms with van der Waals surface area (Å²) in [6.07, 6.45) is 2.25. The number of benzene rings is 1. The Hall–Kier alpha value is -2.94. The molecule has 1 fully saturated rings. The number of halogens is 1. The quantitative estimate of drug-likeness (QED) is 0.715. The van der Waals surface area contributed by atoms with E-state index in [4.69, 9.17) is 14.6 Å². The first-order valence-electron chi connectivity index (χ1n) is 10.3. The monoisotopic (exact) mass is 432 g/mol. The standard InChI is InChI=1S/C22H29FN4O4/c1-22(2,3)31-21(29)27-10-8-16(9-11-27)14-30-19-18(23)12-24-20(26-19)25-17-6-4-15(13-28)5-7-17/h4-7,12,16,28H,8-11,13-14H2,1-3H3,(H,24,25,26). The molecule has 1 aliphatic heterocycles. The minimum Gasteiger partial charge on any atom is -0.475 e. The summed E-state index contributed by atoms with van der Waals surface area (Å²) >= 11 is 0. The number of hydrogen-bond acceptors (Lipinski definition) is 7. The van der Waals surface area contributed by atoms with Gasteiger partial charge in [0.05, 0.1) is 19.4 Å². The molecule has 1 aromatic carbocycles. The summed E-state index contributed by atoms with van der Waals surface area (Å²) in [7, 11) is 0. The number of nitrogens with one attached hydrogen (secondary N) is 1. The van der Waals surface area contributed by atoms with Gasteiger partial charge < -0.3 is 24.8 Å². The Morgan fingerprint density at radius 3 is 2.55 bits per heavy atom. The molecule has 2 aromatic rings. The highest BCUT2D eigenvalue weighted by atomic mass is 19.1. The molecule has 9 heteroatoms. The van der Waals surface area contributed by atoms with Gasteiger partial charge in [0.2, 0.25) is 11.8 Å². The molecular weight excluding hydrogens is 403 g/mol. The Labute approximate surface area is 181 Å². The van der Waals surface area contributed by atoms with Crippen LogP contribution >= 0.6 is 0 Å². The molecular formula is C22H29FN4O4. The van der Waals surface area contributed by atoms with Gasteiger partial charge >= 0.3 is 6.09 Å². The van der Waals surface area contributed by atoms with Crippen LogP contribution in [0.25, 0.3) is 0 Å². The number of hydrogen-bond donors (Lipinski definition) is 2. The van der Waals surface area contributed by atoms with Crippen molar-refractivity contribution in [2.24, 2.45) is 5.92 Å². The van der Waals surface area contributed by atoms with E-state index in [1.165, 1.54) is 0 Å². The molecule has 31 heavy (non-hydrogen) atoms. The number of nitrogens with zero attached hydrogens (tertiary/aromatic N) is 3. The Morgan fingerprint density at radius 2 is 1.94 bits per heavy atom. The molecule has 0 aliphatic carbocycles. The van der Waals surface area contributed by atoms with E-state index in [2.05, 4.69) is 15.3 Å². The second kappa shape index (κ2) is 9.91. The van der Waals surface area contributed by atoms with Crippen LogP contribution in [0, 0.1) is 11.7 Å². The summed E-state index contributed by atoms with van der Waals surface area (Å²) in [5.74, 6) is -0.338. The van der Waals surface area contributed by atoms with Crippen LogP contribution in [0.15, 0.2) is 30.5 Å². The van der Waals surface area contributed by atoms with Gasteiger partial charge in [-0.2, -0.15) is 9.37 Å². The van der Waals surface area contributed by atoms with Crippen molar-refractivity contribution in [1.29, 1.82) is 0 Å². The number of rotatable bonds is 6. The molecule has 0 saturated carbocycles. The van der Waals surface area contributed by atoms with Crippen molar-refractivity contribution < 1.29 is 23.8 Å². The predicted molar refractivity (Wildman–Crippen MR) is 114 cm³/mol. The highest BCUT2D eigenvalue weighted by Gasteiger charge is 2.27. The van der Waals surface area contributed by atoms with Crippen molar-refractivity contribution in [2.75, 3.05) is 25.0 Å². The number of aliphatic hydroxyl groups excluding tert-OH is 1. The SMILES string of the molecule is CC(C)(C)OC(=O)N1CCC(COc2nc(Nc3ccc(CO)cc3)ncc2F)CC1. The fourth-order valence-electron chi connectivity index (χ4n) is 3.14. The molecule has 2 heterocycles. The second-order valence-electron chi connectivity index (χ2n) is 8.55. The van der Waals surface area contributed by atoms with Gasteiger partial charge in [-0.3, -0.25) is 0 Å². The Kier molecular flexibility index (Phi) is 7.27. The fourth-order valence-corrected chi connectivity index (χ4v) is 3.14. The van der Waals surface area contributed by atoms with Gasteiger partial charge in [-0.15, -0.1) is 0 Å². The maximum absolute atomic E-state index is 14.1. The maximum atomic E-state index is 14.1. The number of likely N-dealkylation sites (tertiary alicyclic amines) is 1. The van der Waals surface area contributed by atoms with Crippen molar-refractivity contribution in [2.45, 2.75) is 45.8 Å². The third-order valence-electron chi connectivity index (χ3n) is 4.83. The summed E-state index contributed by atoms with van der Waals surface area (Å²) in [6, 6.07) is 7.09. The number of ether oxygens (including phenoxy) is 2. The minimum atomic E-state index is -0.632. The lowest BCUT2D eigenvalue weighted by Gasteiger charge is -2.33. The number of aliphatic hydroxyl groups is 1. The van der Waals surface area contributed by atoms with Crippen molar-refractivity contribution in [3.63, 3.8) is 0 Å². The molecule has 8 nitrogen and oxygen atoms in total. The number of anilines is 2. The number of carbonyl (C=O) groups excluding carboxylic acids is 1. The van der Waals surface area contributed by atoms with Gasteiger partial charge in [-0.25, -0.2) is 9.78 Å². The molecule has 0 spiro atoms. The van der Waals surface area contributed by atoms with E-state index in [0.29, 0.717) is 25.4 Å². The topological polar surface area (TPSA) is 96.8 Å². The molecule has 0 bridgehead atoms. The average Bonchev–Trinajstić information content (AvgIpc) is 2.74. The van der Waals surface area contributed by atoms with Crippen LogP contribution in [0.3, 0.4) is 0 Å². The second-order valence-corrected chi connectivity index (χ2v) is 8.55. The smallest absolute Gasteiger partial charge is 0.410 e. The first-order valence-corrected chi connectivity index (χ1v) is 10.3. The van der Waals surface area contributed by atoms with E-state index in [1.54, 1.807) is 29.2 Å². The van der Waals surface area contributed by atoms with Gasteiger partial charge in [-0.05, 0) is 57.2 Å². The zero-order valence-corrected chi connectivity index (χ0v) is 18.1. The third kappa shape index (κ3) is 6.78. The van der Waals surface area contributed by atoms with Crippen molar-refractivity contribution in [3.05, 3.63) is 41.8 Å². The molecule has 1 amide bonds. The first-order chi connectivity index (χ1) is 14.7. The number of aromatic nitrogens is 2. The molecule has 0 atom stereocenters. The van der Waals surface area contributed by atoms with E-state index in [9.17, 15) is 9.18 Å².